The Labute approximate surface area is 258 Å². The Hall–Kier alpha value is -4.73. The van der Waals surface area contributed by atoms with Crippen LogP contribution in [0.4, 0.5) is 5.69 Å². The number of benzene rings is 3. The lowest BCUT2D eigenvalue weighted by Gasteiger charge is -2.44. The minimum atomic E-state index is -0.479. The monoisotopic (exact) mass is 601 g/mol. The van der Waals surface area contributed by atoms with Crippen LogP contribution in [-0.2, 0) is 9.59 Å². The number of ether oxygens (including phenoxy) is 4. The second-order valence-electron chi connectivity index (χ2n) is 11.0. The summed E-state index contributed by atoms with van der Waals surface area (Å²) in [5, 5.41) is 0. The van der Waals surface area contributed by atoms with Crippen LogP contribution in [-0.4, -0.2) is 82.1 Å². The third-order valence-electron chi connectivity index (χ3n) is 8.50. The van der Waals surface area contributed by atoms with E-state index >= 15 is 0 Å². The highest BCUT2D eigenvalue weighted by atomic mass is 16.5. The number of piperidine rings is 1. The Morgan fingerprint density at radius 1 is 0.727 bits per heavy atom. The molecule has 5 rings (SSSR count). The number of methoxy groups -OCH3 is 4. The zero-order valence-electron chi connectivity index (χ0n) is 25.9. The lowest BCUT2D eigenvalue weighted by Crippen LogP contribution is -2.55. The number of piperazine rings is 1. The quantitative estimate of drug-likeness (QED) is 0.375. The second kappa shape index (κ2) is 13.3. The highest BCUT2D eigenvalue weighted by Gasteiger charge is 2.43. The van der Waals surface area contributed by atoms with Crippen LogP contribution >= 0.6 is 0 Å². The molecule has 0 spiro atoms. The summed E-state index contributed by atoms with van der Waals surface area (Å²) in [6.45, 7) is 3.49. The normalized spacial score (nSPS) is 18.6. The van der Waals surface area contributed by atoms with Gasteiger partial charge in [-0.15, -0.1) is 0 Å². The van der Waals surface area contributed by atoms with E-state index in [1.54, 1.807) is 29.0 Å². The van der Waals surface area contributed by atoms with Crippen LogP contribution in [0.2, 0.25) is 0 Å². The van der Waals surface area contributed by atoms with Crippen molar-refractivity contribution < 1.29 is 33.3 Å². The van der Waals surface area contributed by atoms with E-state index in [2.05, 4.69) is 0 Å². The first-order valence-electron chi connectivity index (χ1n) is 14.7. The van der Waals surface area contributed by atoms with Crippen molar-refractivity contribution in [3.05, 3.63) is 77.4 Å². The SMILES string of the molecule is COc1ccc(C2C(C(=O)N3CCN(C(=O)c4ccc(OC)c(OC)c4OC)CC3)CCC(=O)N2c2ccc(C)cc2)cc1. The molecule has 0 aliphatic carbocycles. The molecule has 0 saturated carbocycles. The van der Waals surface area contributed by atoms with Crippen LogP contribution in [0.25, 0.3) is 0 Å². The van der Waals surface area contributed by atoms with Crippen molar-refractivity contribution in [2.24, 2.45) is 5.92 Å². The highest BCUT2D eigenvalue weighted by Crippen LogP contribution is 2.42. The largest absolute Gasteiger partial charge is 0.497 e. The Morgan fingerprint density at radius 3 is 1.95 bits per heavy atom. The molecule has 2 atom stereocenters. The van der Waals surface area contributed by atoms with E-state index in [1.807, 2.05) is 60.4 Å². The Kier molecular flexibility index (Phi) is 9.27. The van der Waals surface area contributed by atoms with Gasteiger partial charge in [0.1, 0.15) is 5.75 Å². The van der Waals surface area contributed by atoms with Crippen molar-refractivity contribution >= 4 is 23.4 Å². The maximum atomic E-state index is 14.2. The van der Waals surface area contributed by atoms with Gasteiger partial charge in [0.05, 0.1) is 46.0 Å². The predicted octanol–water partition coefficient (Wildman–Crippen LogP) is 4.50. The maximum absolute atomic E-state index is 14.2. The third kappa shape index (κ3) is 5.89. The molecule has 3 amide bonds. The van der Waals surface area contributed by atoms with Gasteiger partial charge >= 0.3 is 0 Å². The standard InChI is InChI=1S/C34H39N3O7/c1-22-6-10-24(11-7-22)37-29(38)17-15-26(30(37)23-8-12-25(41-2)13-9-23)33(39)35-18-20-36(21-19-35)34(40)27-14-16-28(42-3)32(44-5)31(27)43-4/h6-14,16,26,30H,15,17-21H2,1-5H3. The maximum Gasteiger partial charge on any atom is 0.257 e. The summed E-state index contributed by atoms with van der Waals surface area (Å²) in [7, 11) is 6.11. The summed E-state index contributed by atoms with van der Waals surface area (Å²) in [5.74, 6) is 1.13. The molecule has 2 aliphatic heterocycles. The van der Waals surface area contributed by atoms with Crippen molar-refractivity contribution in [2.75, 3.05) is 59.5 Å². The molecule has 10 nitrogen and oxygen atoms in total. The van der Waals surface area contributed by atoms with Crippen molar-refractivity contribution in [3.8, 4) is 23.0 Å². The van der Waals surface area contributed by atoms with Crippen molar-refractivity contribution in [1.29, 1.82) is 0 Å². The molecular weight excluding hydrogens is 562 g/mol. The van der Waals surface area contributed by atoms with Crippen LogP contribution < -0.4 is 23.8 Å². The van der Waals surface area contributed by atoms with E-state index in [-0.39, 0.29) is 24.1 Å². The van der Waals surface area contributed by atoms with E-state index < -0.39 is 12.0 Å². The molecule has 0 bridgehead atoms. The molecule has 0 radical (unpaired) electrons. The van der Waals surface area contributed by atoms with Crippen LogP contribution in [0.3, 0.4) is 0 Å². The molecule has 0 aromatic heterocycles. The molecule has 2 unspecified atom stereocenters. The molecule has 2 fully saturated rings. The number of amides is 3. The van der Waals surface area contributed by atoms with Crippen molar-refractivity contribution in [3.63, 3.8) is 0 Å². The van der Waals surface area contributed by atoms with Gasteiger partial charge in [-0.2, -0.15) is 0 Å². The summed E-state index contributed by atoms with van der Waals surface area (Å²) in [6.07, 6.45) is 0.715. The summed E-state index contributed by atoms with van der Waals surface area (Å²) in [6, 6.07) is 18.3. The van der Waals surface area contributed by atoms with Gasteiger partial charge in [-0.3, -0.25) is 14.4 Å². The first-order valence-corrected chi connectivity index (χ1v) is 14.7. The minimum absolute atomic E-state index is 0.0157. The third-order valence-corrected chi connectivity index (χ3v) is 8.50. The predicted molar refractivity (Wildman–Crippen MR) is 166 cm³/mol. The van der Waals surface area contributed by atoms with Gasteiger partial charge in [0.2, 0.25) is 17.6 Å². The number of hydrogen-bond donors (Lipinski definition) is 0. The molecule has 232 valence electrons. The van der Waals surface area contributed by atoms with Gasteiger partial charge < -0.3 is 33.6 Å². The van der Waals surface area contributed by atoms with E-state index in [0.29, 0.717) is 61.2 Å². The molecule has 3 aromatic carbocycles. The van der Waals surface area contributed by atoms with E-state index in [4.69, 9.17) is 18.9 Å². The number of carbonyl (C=O) groups is 3. The fourth-order valence-corrected chi connectivity index (χ4v) is 6.15. The molecule has 3 aromatic rings. The van der Waals surface area contributed by atoms with E-state index in [0.717, 1.165) is 16.8 Å². The summed E-state index contributed by atoms with van der Waals surface area (Å²) >= 11 is 0. The summed E-state index contributed by atoms with van der Waals surface area (Å²) in [5.41, 5.74) is 3.08. The average molecular weight is 602 g/mol. The lowest BCUT2D eigenvalue weighted by atomic mass is 9.82. The molecule has 2 aliphatic rings. The number of rotatable bonds is 8. The number of aryl methyl sites for hydroxylation is 1. The van der Waals surface area contributed by atoms with Gasteiger partial charge in [-0.1, -0.05) is 29.8 Å². The molecule has 10 heteroatoms. The number of carbonyl (C=O) groups excluding carboxylic acids is 3. The fraction of sp³-hybridized carbons (Fsp3) is 0.382. The zero-order chi connectivity index (χ0) is 31.4. The summed E-state index contributed by atoms with van der Waals surface area (Å²) < 4.78 is 21.7. The van der Waals surface area contributed by atoms with Gasteiger partial charge in [-0.25, -0.2) is 0 Å². The number of hydrogen-bond acceptors (Lipinski definition) is 7. The number of anilines is 1. The van der Waals surface area contributed by atoms with Crippen molar-refractivity contribution in [2.45, 2.75) is 25.8 Å². The second-order valence-corrected chi connectivity index (χ2v) is 11.0. The van der Waals surface area contributed by atoms with Crippen LogP contribution in [0.5, 0.6) is 23.0 Å². The van der Waals surface area contributed by atoms with E-state index in [9.17, 15) is 14.4 Å². The Balaban J connectivity index is 1.37. The topological polar surface area (TPSA) is 97.9 Å². The molecule has 44 heavy (non-hydrogen) atoms. The first kappa shape index (κ1) is 30.7. The molecular formula is C34H39N3O7. The van der Waals surface area contributed by atoms with Gasteiger partial charge in [0.25, 0.3) is 5.91 Å². The van der Waals surface area contributed by atoms with Crippen molar-refractivity contribution in [1.82, 2.24) is 9.80 Å². The van der Waals surface area contributed by atoms with E-state index in [1.165, 1.54) is 21.3 Å². The minimum Gasteiger partial charge on any atom is -0.497 e. The Bertz CT molecular complexity index is 1500. The van der Waals surface area contributed by atoms with Gasteiger partial charge in [0, 0.05) is 38.3 Å². The zero-order valence-corrected chi connectivity index (χ0v) is 25.9. The molecule has 2 heterocycles. The highest BCUT2D eigenvalue weighted by molar-refractivity contribution is 5.99. The summed E-state index contributed by atoms with van der Waals surface area (Å²) in [4.78, 5) is 46.5. The van der Waals surface area contributed by atoms with Crippen LogP contribution in [0, 0.1) is 12.8 Å². The average Bonchev–Trinajstić information content (AvgIpc) is 3.07. The van der Waals surface area contributed by atoms with Gasteiger partial charge in [0.15, 0.2) is 11.5 Å². The fourth-order valence-electron chi connectivity index (χ4n) is 6.15. The van der Waals surface area contributed by atoms with Gasteiger partial charge in [-0.05, 0) is 55.3 Å². The molecule has 0 N–H and O–H groups in total. The smallest absolute Gasteiger partial charge is 0.257 e. The Morgan fingerprint density at radius 2 is 1.36 bits per heavy atom. The number of nitrogens with zero attached hydrogens (tertiary/aromatic N) is 3. The van der Waals surface area contributed by atoms with Crippen LogP contribution in [0.1, 0.15) is 40.4 Å². The lowest BCUT2D eigenvalue weighted by molar-refractivity contribution is -0.139. The first-order chi connectivity index (χ1) is 21.3. The van der Waals surface area contributed by atoms with Crippen LogP contribution in [0.15, 0.2) is 60.7 Å². The molecule has 2 saturated heterocycles.